The zero-order chi connectivity index (χ0) is 13.6. The molecule has 0 bridgehead atoms. The summed E-state index contributed by atoms with van der Waals surface area (Å²) in [7, 11) is 0. The van der Waals surface area contributed by atoms with Crippen LogP contribution in [0.5, 0.6) is 11.5 Å². The van der Waals surface area contributed by atoms with Gasteiger partial charge in [0.05, 0.1) is 0 Å². The average molecular weight is 268 g/mol. The molecule has 1 unspecified atom stereocenters. The molecular weight excluding hydrogens is 248 g/mol. The summed E-state index contributed by atoms with van der Waals surface area (Å²) >= 11 is 0. The maximum Gasteiger partial charge on any atom is 0.127 e. The minimum Gasteiger partial charge on any atom is -0.457 e. The van der Waals surface area contributed by atoms with Gasteiger partial charge in [-0.05, 0) is 42.8 Å². The standard InChI is InChI=1S/C17H20N2O/c1-2-4-16(5-3-1)20-17-8-6-14(7-9-17)12-19-15-10-11-18-13-15/h1-9,15,18-19H,10-13H2. The van der Waals surface area contributed by atoms with Gasteiger partial charge in [0.2, 0.25) is 0 Å². The van der Waals surface area contributed by atoms with E-state index in [1.54, 1.807) is 0 Å². The monoisotopic (exact) mass is 268 g/mol. The Balaban J connectivity index is 1.54. The minimum absolute atomic E-state index is 0.607. The van der Waals surface area contributed by atoms with Crippen LogP contribution in [0.3, 0.4) is 0 Å². The van der Waals surface area contributed by atoms with Gasteiger partial charge in [0, 0.05) is 19.1 Å². The normalized spacial score (nSPS) is 18.1. The molecule has 1 fully saturated rings. The Kier molecular flexibility index (Phi) is 4.31. The first-order valence-electron chi connectivity index (χ1n) is 7.16. The zero-order valence-corrected chi connectivity index (χ0v) is 11.5. The van der Waals surface area contributed by atoms with Crippen LogP contribution >= 0.6 is 0 Å². The maximum atomic E-state index is 5.78. The number of ether oxygens (including phenoxy) is 1. The molecule has 0 spiro atoms. The number of benzene rings is 2. The Morgan fingerprint density at radius 3 is 2.45 bits per heavy atom. The van der Waals surface area contributed by atoms with E-state index < -0.39 is 0 Å². The molecule has 3 nitrogen and oxygen atoms in total. The van der Waals surface area contributed by atoms with E-state index in [0.717, 1.165) is 31.1 Å². The Labute approximate surface area is 120 Å². The predicted molar refractivity (Wildman–Crippen MR) is 81.1 cm³/mol. The van der Waals surface area contributed by atoms with Crippen molar-refractivity contribution >= 4 is 0 Å². The van der Waals surface area contributed by atoms with Crippen molar-refractivity contribution in [1.82, 2.24) is 10.6 Å². The van der Waals surface area contributed by atoms with Crippen molar-refractivity contribution < 1.29 is 4.74 Å². The van der Waals surface area contributed by atoms with Crippen LogP contribution in [-0.2, 0) is 6.54 Å². The highest BCUT2D eigenvalue weighted by molar-refractivity contribution is 5.32. The van der Waals surface area contributed by atoms with Gasteiger partial charge in [0.1, 0.15) is 11.5 Å². The van der Waals surface area contributed by atoms with Gasteiger partial charge in [-0.2, -0.15) is 0 Å². The molecule has 1 atom stereocenters. The van der Waals surface area contributed by atoms with Gasteiger partial charge in [-0.15, -0.1) is 0 Å². The average Bonchev–Trinajstić information content (AvgIpc) is 3.01. The van der Waals surface area contributed by atoms with Gasteiger partial charge in [-0.1, -0.05) is 30.3 Å². The van der Waals surface area contributed by atoms with E-state index >= 15 is 0 Å². The van der Waals surface area contributed by atoms with Crippen molar-refractivity contribution in [3.63, 3.8) is 0 Å². The quantitative estimate of drug-likeness (QED) is 0.874. The molecular formula is C17H20N2O. The second-order valence-corrected chi connectivity index (χ2v) is 5.13. The van der Waals surface area contributed by atoms with Crippen LogP contribution in [0.15, 0.2) is 54.6 Å². The van der Waals surface area contributed by atoms with E-state index in [4.69, 9.17) is 4.74 Å². The van der Waals surface area contributed by atoms with E-state index in [1.807, 2.05) is 42.5 Å². The number of hydrogen-bond donors (Lipinski definition) is 2. The van der Waals surface area contributed by atoms with Crippen molar-refractivity contribution in [2.75, 3.05) is 13.1 Å². The van der Waals surface area contributed by atoms with Crippen LogP contribution in [0, 0.1) is 0 Å². The summed E-state index contributed by atoms with van der Waals surface area (Å²) < 4.78 is 5.78. The smallest absolute Gasteiger partial charge is 0.127 e. The lowest BCUT2D eigenvalue weighted by Gasteiger charge is -2.11. The second-order valence-electron chi connectivity index (χ2n) is 5.13. The van der Waals surface area contributed by atoms with Crippen LogP contribution in [0.2, 0.25) is 0 Å². The minimum atomic E-state index is 0.607. The third kappa shape index (κ3) is 3.59. The number of rotatable bonds is 5. The van der Waals surface area contributed by atoms with Crippen LogP contribution in [0.4, 0.5) is 0 Å². The summed E-state index contributed by atoms with van der Waals surface area (Å²) in [5.41, 5.74) is 1.29. The summed E-state index contributed by atoms with van der Waals surface area (Å²) in [6.07, 6.45) is 1.22. The van der Waals surface area contributed by atoms with Crippen molar-refractivity contribution in [2.45, 2.75) is 19.0 Å². The molecule has 1 aliphatic rings. The molecule has 2 aromatic rings. The van der Waals surface area contributed by atoms with Gasteiger partial charge in [0.25, 0.3) is 0 Å². The highest BCUT2D eigenvalue weighted by Crippen LogP contribution is 2.21. The lowest BCUT2D eigenvalue weighted by atomic mass is 10.2. The highest BCUT2D eigenvalue weighted by atomic mass is 16.5. The van der Waals surface area contributed by atoms with E-state index in [2.05, 4.69) is 22.8 Å². The van der Waals surface area contributed by atoms with Crippen LogP contribution < -0.4 is 15.4 Å². The highest BCUT2D eigenvalue weighted by Gasteiger charge is 2.12. The molecule has 1 aliphatic heterocycles. The van der Waals surface area contributed by atoms with E-state index in [-0.39, 0.29) is 0 Å². The topological polar surface area (TPSA) is 33.3 Å². The first kappa shape index (κ1) is 13.2. The fraction of sp³-hybridized carbons (Fsp3) is 0.294. The first-order chi connectivity index (χ1) is 9.90. The second kappa shape index (κ2) is 6.55. The molecule has 20 heavy (non-hydrogen) atoms. The molecule has 2 N–H and O–H groups in total. The molecule has 0 aromatic heterocycles. The van der Waals surface area contributed by atoms with Crippen molar-refractivity contribution in [3.05, 3.63) is 60.2 Å². The summed E-state index contributed by atoms with van der Waals surface area (Å²) in [5.74, 6) is 1.75. The molecule has 3 rings (SSSR count). The fourth-order valence-electron chi connectivity index (χ4n) is 2.39. The zero-order valence-electron chi connectivity index (χ0n) is 11.5. The molecule has 0 saturated carbocycles. The van der Waals surface area contributed by atoms with Crippen molar-refractivity contribution in [2.24, 2.45) is 0 Å². The Bertz CT molecular complexity index is 518. The number of hydrogen-bond acceptors (Lipinski definition) is 3. The summed E-state index contributed by atoms with van der Waals surface area (Å²) in [6, 6.07) is 18.8. The van der Waals surface area contributed by atoms with Crippen molar-refractivity contribution in [3.8, 4) is 11.5 Å². The largest absolute Gasteiger partial charge is 0.457 e. The first-order valence-corrected chi connectivity index (χ1v) is 7.16. The van der Waals surface area contributed by atoms with Crippen LogP contribution in [-0.4, -0.2) is 19.1 Å². The molecule has 104 valence electrons. The van der Waals surface area contributed by atoms with Gasteiger partial charge in [-0.3, -0.25) is 0 Å². The molecule has 2 aromatic carbocycles. The lowest BCUT2D eigenvalue weighted by Crippen LogP contribution is -2.30. The summed E-state index contributed by atoms with van der Waals surface area (Å²) in [4.78, 5) is 0. The molecule has 0 radical (unpaired) electrons. The van der Waals surface area contributed by atoms with Gasteiger partial charge >= 0.3 is 0 Å². The number of para-hydroxylation sites is 1. The van der Waals surface area contributed by atoms with Crippen LogP contribution in [0.25, 0.3) is 0 Å². The fourth-order valence-corrected chi connectivity index (χ4v) is 2.39. The van der Waals surface area contributed by atoms with E-state index in [1.165, 1.54) is 12.0 Å². The van der Waals surface area contributed by atoms with Crippen LogP contribution in [0.1, 0.15) is 12.0 Å². The van der Waals surface area contributed by atoms with Crippen molar-refractivity contribution in [1.29, 1.82) is 0 Å². The molecule has 0 aliphatic carbocycles. The van der Waals surface area contributed by atoms with Gasteiger partial charge in [0.15, 0.2) is 0 Å². The third-order valence-electron chi connectivity index (χ3n) is 3.56. The van der Waals surface area contributed by atoms with E-state index in [9.17, 15) is 0 Å². The predicted octanol–water partition coefficient (Wildman–Crippen LogP) is 2.93. The molecule has 3 heteroatoms. The molecule has 1 saturated heterocycles. The Morgan fingerprint density at radius 2 is 1.75 bits per heavy atom. The third-order valence-corrected chi connectivity index (χ3v) is 3.56. The number of nitrogens with one attached hydrogen (secondary N) is 2. The van der Waals surface area contributed by atoms with E-state index in [0.29, 0.717) is 6.04 Å². The SMILES string of the molecule is c1ccc(Oc2ccc(CNC3CCNC3)cc2)cc1. The Morgan fingerprint density at radius 1 is 1.00 bits per heavy atom. The van der Waals surface area contributed by atoms with Gasteiger partial charge < -0.3 is 15.4 Å². The molecule has 0 amide bonds. The molecule has 1 heterocycles. The lowest BCUT2D eigenvalue weighted by molar-refractivity contribution is 0.482. The van der Waals surface area contributed by atoms with Gasteiger partial charge in [-0.25, -0.2) is 0 Å². The Hall–Kier alpha value is -1.84. The maximum absolute atomic E-state index is 5.78. The summed E-state index contributed by atoms with van der Waals surface area (Å²) in [6.45, 7) is 3.12. The summed E-state index contributed by atoms with van der Waals surface area (Å²) in [5, 5.41) is 6.93.